The van der Waals surface area contributed by atoms with Crippen LogP contribution in [-0.2, 0) is 9.53 Å². The van der Waals surface area contributed by atoms with Gasteiger partial charge in [0.15, 0.2) is 5.75 Å². The lowest BCUT2D eigenvalue weighted by atomic mass is 10.1. The highest BCUT2D eigenvalue weighted by Crippen LogP contribution is 2.27. The lowest BCUT2D eigenvalue weighted by Gasteiger charge is -2.19. The number of aromatic carboxylic acids is 1. The summed E-state index contributed by atoms with van der Waals surface area (Å²) in [6, 6.07) is 4.10. The molecular weight excluding hydrogens is 250 g/mol. The Balaban J connectivity index is 2.75. The molecule has 0 aliphatic carbocycles. The highest BCUT2D eigenvalue weighted by molar-refractivity contribution is 5.98. The van der Waals surface area contributed by atoms with Crippen LogP contribution in [0.25, 0.3) is 0 Å². The molecule has 0 atom stereocenters. The highest BCUT2D eigenvalue weighted by Gasteiger charge is 2.16. The second-order valence-corrected chi connectivity index (χ2v) is 4.96. The zero-order chi connectivity index (χ0) is 14.6. The quantitative estimate of drug-likeness (QED) is 0.723. The van der Waals surface area contributed by atoms with Gasteiger partial charge in [-0.15, -0.1) is 0 Å². The van der Waals surface area contributed by atoms with Crippen LogP contribution in [0, 0.1) is 0 Å². The van der Waals surface area contributed by atoms with Gasteiger partial charge in [0.05, 0.1) is 11.3 Å². The van der Waals surface area contributed by atoms with Crippen molar-refractivity contribution in [3.05, 3.63) is 23.8 Å². The molecule has 0 fully saturated rings. The van der Waals surface area contributed by atoms with E-state index in [2.05, 4.69) is 5.32 Å². The van der Waals surface area contributed by atoms with Crippen molar-refractivity contribution in [2.24, 2.45) is 0 Å². The predicted octanol–water partition coefficient (Wildman–Crippen LogP) is 1.84. The van der Waals surface area contributed by atoms with E-state index in [0.717, 1.165) is 0 Å². The molecule has 0 aliphatic heterocycles. The first kappa shape index (κ1) is 15.0. The van der Waals surface area contributed by atoms with Gasteiger partial charge in [0, 0.05) is 0 Å². The minimum absolute atomic E-state index is 0.0439. The summed E-state index contributed by atoms with van der Waals surface area (Å²) in [5.74, 6) is -2.20. The maximum atomic E-state index is 11.6. The zero-order valence-electron chi connectivity index (χ0n) is 11.1. The third-order valence-electron chi connectivity index (χ3n) is 2.18. The van der Waals surface area contributed by atoms with Gasteiger partial charge in [0.1, 0.15) is 12.2 Å². The minimum atomic E-state index is -1.26. The fraction of sp³-hybridized carbons (Fsp3) is 0.385. The number of aromatic hydroxyl groups is 1. The Morgan fingerprint density at radius 3 is 2.47 bits per heavy atom. The van der Waals surface area contributed by atoms with Crippen LogP contribution in [0.2, 0.25) is 0 Å². The average molecular weight is 267 g/mol. The predicted molar refractivity (Wildman–Crippen MR) is 69.4 cm³/mol. The number of carboxylic acid groups (broad SMARTS) is 1. The number of rotatable bonds is 4. The molecule has 1 aromatic rings. The molecular formula is C13H17NO5. The maximum absolute atomic E-state index is 11.6. The second kappa shape index (κ2) is 5.71. The number of hydrogen-bond acceptors (Lipinski definition) is 4. The molecule has 0 saturated carbocycles. The molecule has 0 aromatic heterocycles. The van der Waals surface area contributed by atoms with E-state index in [9.17, 15) is 14.7 Å². The number of nitrogens with one attached hydrogen (secondary N) is 1. The van der Waals surface area contributed by atoms with Gasteiger partial charge in [-0.05, 0) is 32.9 Å². The summed E-state index contributed by atoms with van der Waals surface area (Å²) in [5.41, 5.74) is -0.681. The fourth-order valence-corrected chi connectivity index (χ4v) is 1.29. The van der Waals surface area contributed by atoms with Crippen molar-refractivity contribution in [2.75, 3.05) is 11.9 Å². The van der Waals surface area contributed by atoms with Crippen molar-refractivity contribution >= 4 is 17.6 Å². The molecule has 104 valence electrons. The third kappa shape index (κ3) is 4.59. The summed E-state index contributed by atoms with van der Waals surface area (Å²) in [4.78, 5) is 22.4. The molecule has 3 N–H and O–H groups in total. The number of para-hydroxylation sites is 1. The van der Waals surface area contributed by atoms with Crippen molar-refractivity contribution in [1.29, 1.82) is 0 Å². The molecule has 0 aliphatic rings. The fourth-order valence-electron chi connectivity index (χ4n) is 1.29. The van der Waals surface area contributed by atoms with E-state index in [1.807, 2.05) is 20.8 Å². The van der Waals surface area contributed by atoms with Gasteiger partial charge >= 0.3 is 5.97 Å². The van der Waals surface area contributed by atoms with E-state index < -0.39 is 23.2 Å². The Morgan fingerprint density at radius 2 is 1.95 bits per heavy atom. The monoisotopic (exact) mass is 267 g/mol. The van der Waals surface area contributed by atoms with Crippen molar-refractivity contribution in [3.63, 3.8) is 0 Å². The van der Waals surface area contributed by atoms with Crippen LogP contribution in [-0.4, -0.2) is 34.3 Å². The van der Waals surface area contributed by atoms with Crippen LogP contribution in [0.1, 0.15) is 31.1 Å². The number of carbonyl (C=O) groups is 2. The number of amides is 1. The maximum Gasteiger partial charge on any atom is 0.339 e. The SMILES string of the molecule is CC(C)(C)OCC(=O)Nc1cccc(C(=O)O)c1O. The Kier molecular flexibility index (Phi) is 4.50. The molecule has 0 saturated heterocycles. The van der Waals surface area contributed by atoms with Crippen molar-refractivity contribution < 1.29 is 24.5 Å². The average Bonchev–Trinajstić information content (AvgIpc) is 2.28. The molecule has 0 heterocycles. The number of carboxylic acids is 1. The van der Waals surface area contributed by atoms with Gasteiger partial charge in [0.2, 0.25) is 5.91 Å². The first-order valence-electron chi connectivity index (χ1n) is 5.70. The third-order valence-corrected chi connectivity index (χ3v) is 2.18. The molecule has 0 spiro atoms. The van der Waals surface area contributed by atoms with Crippen LogP contribution in [0.15, 0.2) is 18.2 Å². The molecule has 0 unspecified atom stereocenters. The number of carbonyl (C=O) groups excluding carboxylic acids is 1. The van der Waals surface area contributed by atoms with E-state index in [4.69, 9.17) is 9.84 Å². The van der Waals surface area contributed by atoms with E-state index in [-0.39, 0.29) is 17.9 Å². The Bertz CT molecular complexity index is 490. The van der Waals surface area contributed by atoms with Gasteiger partial charge in [-0.1, -0.05) is 6.07 Å². The van der Waals surface area contributed by atoms with Crippen LogP contribution in [0.5, 0.6) is 5.75 Å². The van der Waals surface area contributed by atoms with Gasteiger partial charge in [0.25, 0.3) is 0 Å². The molecule has 19 heavy (non-hydrogen) atoms. The van der Waals surface area contributed by atoms with Gasteiger partial charge < -0.3 is 20.3 Å². The highest BCUT2D eigenvalue weighted by atomic mass is 16.5. The first-order valence-corrected chi connectivity index (χ1v) is 5.70. The summed E-state index contributed by atoms with van der Waals surface area (Å²) in [6.07, 6.45) is 0. The van der Waals surface area contributed by atoms with E-state index in [1.165, 1.54) is 18.2 Å². The van der Waals surface area contributed by atoms with Gasteiger partial charge in [-0.3, -0.25) is 4.79 Å². The Morgan fingerprint density at radius 1 is 1.32 bits per heavy atom. The number of phenols is 1. The summed E-state index contributed by atoms with van der Waals surface area (Å²) in [6.45, 7) is 5.24. The number of benzene rings is 1. The van der Waals surface area contributed by atoms with Gasteiger partial charge in [-0.25, -0.2) is 4.79 Å². The molecule has 1 amide bonds. The van der Waals surface area contributed by atoms with Crippen molar-refractivity contribution in [3.8, 4) is 5.75 Å². The number of anilines is 1. The smallest absolute Gasteiger partial charge is 0.339 e. The molecule has 0 bridgehead atoms. The lowest BCUT2D eigenvalue weighted by molar-refractivity contribution is -0.125. The largest absolute Gasteiger partial charge is 0.505 e. The van der Waals surface area contributed by atoms with E-state index in [0.29, 0.717) is 0 Å². The normalized spacial score (nSPS) is 11.1. The first-order chi connectivity index (χ1) is 8.70. The molecule has 1 rings (SSSR count). The summed E-state index contributed by atoms with van der Waals surface area (Å²) < 4.78 is 5.27. The molecule has 6 nitrogen and oxygen atoms in total. The summed E-state index contributed by atoms with van der Waals surface area (Å²) >= 11 is 0. The Hall–Kier alpha value is -2.08. The van der Waals surface area contributed by atoms with Crippen LogP contribution in [0.3, 0.4) is 0 Å². The van der Waals surface area contributed by atoms with E-state index in [1.54, 1.807) is 0 Å². The summed E-state index contributed by atoms with van der Waals surface area (Å²) in [5, 5.41) is 20.9. The van der Waals surface area contributed by atoms with Crippen molar-refractivity contribution in [2.45, 2.75) is 26.4 Å². The van der Waals surface area contributed by atoms with Crippen LogP contribution >= 0.6 is 0 Å². The Labute approximate surface area is 111 Å². The molecule has 0 radical (unpaired) electrons. The van der Waals surface area contributed by atoms with Gasteiger partial charge in [-0.2, -0.15) is 0 Å². The van der Waals surface area contributed by atoms with E-state index >= 15 is 0 Å². The lowest BCUT2D eigenvalue weighted by Crippen LogP contribution is -2.27. The summed E-state index contributed by atoms with van der Waals surface area (Å²) in [7, 11) is 0. The van der Waals surface area contributed by atoms with Crippen molar-refractivity contribution in [1.82, 2.24) is 0 Å². The number of ether oxygens (including phenoxy) is 1. The van der Waals surface area contributed by atoms with Crippen LogP contribution in [0.4, 0.5) is 5.69 Å². The minimum Gasteiger partial charge on any atom is -0.505 e. The van der Waals surface area contributed by atoms with Crippen LogP contribution < -0.4 is 5.32 Å². The standard InChI is InChI=1S/C13H17NO5/c1-13(2,3)19-7-10(15)14-9-6-4-5-8(11(9)16)12(17)18/h4-6,16H,7H2,1-3H3,(H,14,15)(H,17,18). The number of hydrogen-bond donors (Lipinski definition) is 3. The second-order valence-electron chi connectivity index (χ2n) is 4.96. The molecule has 1 aromatic carbocycles. The topological polar surface area (TPSA) is 95.9 Å². The molecule has 6 heteroatoms. The zero-order valence-corrected chi connectivity index (χ0v) is 11.1.